The molecular weight excluding hydrogens is 270 g/mol. The van der Waals surface area contributed by atoms with Crippen molar-refractivity contribution in [2.24, 2.45) is 0 Å². The van der Waals surface area contributed by atoms with Crippen molar-refractivity contribution >= 4 is 17.3 Å². The molecule has 1 aliphatic heterocycles. The number of hydrogen-bond donors (Lipinski definition) is 3. The van der Waals surface area contributed by atoms with E-state index in [1.54, 1.807) is 32.3 Å². The molecule has 0 unspecified atom stereocenters. The van der Waals surface area contributed by atoms with Gasteiger partial charge in [-0.2, -0.15) is 0 Å². The number of nitrogens with one attached hydrogen (secondary N) is 1. The minimum Gasteiger partial charge on any atom is -0.397 e. The lowest BCUT2D eigenvalue weighted by atomic mass is 9.94. The van der Waals surface area contributed by atoms with E-state index < -0.39 is 5.60 Å². The van der Waals surface area contributed by atoms with Gasteiger partial charge in [0.2, 0.25) is 0 Å². The van der Waals surface area contributed by atoms with Crippen LogP contribution in [0.5, 0.6) is 0 Å². The summed E-state index contributed by atoms with van der Waals surface area (Å²) in [4.78, 5) is 13.5. The first-order valence-electron chi connectivity index (χ1n) is 7.06. The van der Waals surface area contributed by atoms with Gasteiger partial charge in [0.1, 0.15) is 0 Å². The second-order valence-electron chi connectivity index (χ2n) is 5.69. The third kappa shape index (κ3) is 3.86. The number of hydrogen-bond acceptors (Lipinski definition) is 5. The minimum absolute atomic E-state index is 0.0807. The average Bonchev–Trinajstić information content (AvgIpc) is 2.46. The fourth-order valence-electron chi connectivity index (χ4n) is 2.29. The molecule has 1 fully saturated rings. The largest absolute Gasteiger partial charge is 0.397 e. The van der Waals surface area contributed by atoms with Gasteiger partial charge in [0.25, 0.3) is 5.91 Å². The topological polar surface area (TPSA) is 87.8 Å². The lowest BCUT2D eigenvalue weighted by molar-refractivity contribution is -0.0543. The molecule has 116 valence electrons. The molecule has 1 aliphatic rings. The smallest absolute Gasteiger partial charge is 0.253 e. The maximum absolute atomic E-state index is 12.0. The monoisotopic (exact) mass is 293 g/mol. The number of amides is 1. The molecule has 0 aromatic heterocycles. The van der Waals surface area contributed by atoms with Gasteiger partial charge in [0.05, 0.1) is 17.0 Å². The number of aliphatic hydroxyl groups is 1. The summed E-state index contributed by atoms with van der Waals surface area (Å²) in [5.74, 6) is -0.0807. The Balaban J connectivity index is 2.08. The van der Waals surface area contributed by atoms with Gasteiger partial charge in [-0.25, -0.2) is 0 Å². The van der Waals surface area contributed by atoms with Gasteiger partial charge >= 0.3 is 0 Å². The third-order valence-electron chi connectivity index (χ3n) is 3.74. The minimum atomic E-state index is -0.785. The zero-order chi connectivity index (χ0) is 15.5. The molecule has 6 heteroatoms. The van der Waals surface area contributed by atoms with Gasteiger partial charge in [-0.1, -0.05) is 0 Å². The third-order valence-corrected chi connectivity index (χ3v) is 3.74. The van der Waals surface area contributed by atoms with Crippen LogP contribution in [0.1, 0.15) is 23.2 Å². The van der Waals surface area contributed by atoms with Crippen molar-refractivity contribution in [2.45, 2.75) is 18.4 Å². The van der Waals surface area contributed by atoms with Crippen LogP contribution in [0, 0.1) is 0 Å². The number of ether oxygens (including phenoxy) is 1. The summed E-state index contributed by atoms with van der Waals surface area (Å²) in [6, 6.07) is 5.12. The van der Waals surface area contributed by atoms with Crippen LogP contribution in [0.15, 0.2) is 18.2 Å². The number of benzene rings is 1. The first-order chi connectivity index (χ1) is 9.91. The molecule has 6 nitrogen and oxygen atoms in total. The van der Waals surface area contributed by atoms with E-state index in [-0.39, 0.29) is 5.91 Å². The molecule has 1 heterocycles. The molecule has 1 amide bonds. The highest BCUT2D eigenvalue weighted by Crippen LogP contribution is 2.25. The molecule has 0 radical (unpaired) electrons. The zero-order valence-electron chi connectivity index (χ0n) is 12.6. The van der Waals surface area contributed by atoms with E-state index in [2.05, 4.69) is 5.32 Å². The number of nitrogens with zero attached hydrogens (tertiary/aromatic N) is 1. The van der Waals surface area contributed by atoms with Crippen molar-refractivity contribution in [1.82, 2.24) is 4.90 Å². The molecule has 1 saturated heterocycles. The van der Waals surface area contributed by atoms with Crippen LogP contribution in [0.25, 0.3) is 0 Å². The predicted molar refractivity (Wildman–Crippen MR) is 82.4 cm³/mol. The van der Waals surface area contributed by atoms with Crippen LogP contribution < -0.4 is 11.1 Å². The highest BCUT2D eigenvalue weighted by molar-refractivity contribution is 5.95. The Bertz CT molecular complexity index is 511. The van der Waals surface area contributed by atoms with Crippen molar-refractivity contribution in [1.29, 1.82) is 0 Å². The van der Waals surface area contributed by atoms with Gasteiger partial charge in [-0.15, -0.1) is 0 Å². The summed E-state index contributed by atoms with van der Waals surface area (Å²) in [5.41, 5.74) is 6.94. The van der Waals surface area contributed by atoms with Gasteiger partial charge in [-0.3, -0.25) is 4.79 Å². The Morgan fingerprint density at radius 2 is 2.10 bits per heavy atom. The molecule has 0 bridgehead atoms. The van der Waals surface area contributed by atoms with Gasteiger partial charge in [0.15, 0.2) is 0 Å². The Hall–Kier alpha value is -1.79. The molecule has 0 atom stereocenters. The maximum atomic E-state index is 12.0. The highest BCUT2D eigenvalue weighted by Gasteiger charge is 2.29. The number of rotatable bonds is 4. The van der Waals surface area contributed by atoms with Crippen molar-refractivity contribution < 1.29 is 14.6 Å². The molecule has 0 aliphatic carbocycles. The summed E-state index contributed by atoms with van der Waals surface area (Å²) in [7, 11) is 3.41. The van der Waals surface area contributed by atoms with E-state index in [4.69, 9.17) is 10.5 Å². The molecule has 0 saturated carbocycles. The van der Waals surface area contributed by atoms with Gasteiger partial charge < -0.3 is 25.8 Å². The van der Waals surface area contributed by atoms with Crippen molar-refractivity contribution in [3.63, 3.8) is 0 Å². The number of anilines is 2. The molecule has 0 spiro atoms. The Kier molecular flexibility index (Phi) is 4.69. The van der Waals surface area contributed by atoms with Gasteiger partial charge in [-0.05, 0) is 18.2 Å². The van der Waals surface area contributed by atoms with E-state index >= 15 is 0 Å². The Morgan fingerprint density at radius 3 is 2.71 bits per heavy atom. The lowest BCUT2D eigenvalue weighted by Gasteiger charge is -2.32. The van der Waals surface area contributed by atoms with E-state index in [9.17, 15) is 9.90 Å². The summed E-state index contributed by atoms with van der Waals surface area (Å²) in [6.45, 7) is 1.51. The second-order valence-corrected chi connectivity index (χ2v) is 5.69. The standard InChI is InChI=1S/C15H23N3O3/c1-18(2)14(19)11-3-4-12(16)13(9-11)17-10-15(20)5-7-21-8-6-15/h3-4,9,17,20H,5-8,10,16H2,1-2H3. The molecule has 1 aromatic carbocycles. The quantitative estimate of drug-likeness (QED) is 0.719. The fraction of sp³-hybridized carbons (Fsp3) is 0.533. The van der Waals surface area contributed by atoms with Crippen molar-refractivity contribution in [2.75, 3.05) is 44.9 Å². The number of nitrogens with two attached hydrogens (primary N) is 1. The predicted octanol–water partition coefficient (Wildman–Crippen LogP) is 0.924. The summed E-state index contributed by atoms with van der Waals surface area (Å²) >= 11 is 0. The molecule has 2 rings (SSSR count). The van der Waals surface area contributed by atoms with Crippen molar-refractivity contribution in [3.8, 4) is 0 Å². The molecule has 4 N–H and O–H groups in total. The summed E-state index contributed by atoms with van der Waals surface area (Å²) in [6.07, 6.45) is 1.19. The number of carbonyl (C=O) groups is 1. The zero-order valence-corrected chi connectivity index (χ0v) is 12.6. The Labute approximate surface area is 124 Å². The maximum Gasteiger partial charge on any atom is 0.253 e. The Morgan fingerprint density at radius 1 is 1.43 bits per heavy atom. The van der Waals surface area contributed by atoms with Crippen LogP contribution in [-0.2, 0) is 4.74 Å². The van der Waals surface area contributed by atoms with Crippen LogP contribution in [0.3, 0.4) is 0 Å². The van der Waals surface area contributed by atoms with E-state index in [0.29, 0.717) is 49.5 Å². The van der Waals surface area contributed by atoms with Crippen LogP contribution in [0.4, 0.5) is 11.4 Å². The van der Waals surface area contributed by atoms with Crippen LogP contribution >= 0.6 is 0 Å². The number of carbonyl (C=O) groups excluding carboxylic acids is 1. The second kappa shape index (κ2) is 6.32. The first kappa shape index (κ1) is 15.6. The lowest BCUT2D eigenvalue weighted by Crippen LogP contribution is -2.42. The van der Waals surface area contributed by atoms with Crippen LogP contribution in [-0.4, -0.2) is 55.4 Å². The van der Waals surface area contributed by atoms with E-state index in [1.165, 1.54) is 4.90 Å². The normalized spacial score (nSPS) is 17.3. The van der Waals surface area contributed by atoms with Crippen molar-refractivity contribution in [3.05, 3.63) is 23.8 Å². The van der Waals surface area contributed by atoms with Gasteiger partial charge in [0, 0.05) is 52.3 Å². The summed E-state index contributed by atoms with van der Waals surface area (Å²) < 4.78 is 5.25. The number of nitrogen functional groups attached to an aromatic ring is 1. The SMILES string of the molecule is CN(C)C(=O)c1ccc(N)c(NCC2(O)CCOCC2)c1. The highest BCUT2D eigenvalue weighted by atomic mass is 16.5. The fourth-order valence-corrected chi connectivity index (χ4v) is 2.29. The molecule has 1 aromatic rings. The first-order valence-corrected chi connectivity index (χ1v) is 7.06. The molecular formula is C15H23N3O3. The average molecular weight is 293 g/mol. The summed E-state index contributed by atoms with van der Waals surface area (Å²) in [5, 5.41) is 13.6. The van der Waals surface area contributed by atoms with E-state index in [0.717, 1.165) is 0 Å². The van der Waals surface area contributed by atoms with Crippen LogP contribution in [0.2, 0.25) is 0 Å². The molecule has 21 heavy (non-hydrogen) atoms. The van der Waals surface area contributed by atoms with E-state index in [1.807, 2.05) is 0 Å².